The van der Waals surface area contributed by atoms with Crippen molar-refractivity contribution in [1.82, 2.24) is 10.3 Å². The molecule has 0 aliphatic carbocycles. The summed E-state index contributed by atoms with van der Waals surface area (Å²) in [6, 6.07) is 4.86. The van der Waals surface area contributed by atoms with Gasteiger partial charge in [0.05, 0.1) is 0 Å². The Morgan fingerprint density at radius 1 is 1.19 bits per heavy atom. The van der Waals surface area contributed by atoms with Crippen molar-refractivity contribution in [2.45, 2.75) is 26.8 Å². The van der Waals surface area contributed by atoms with Crippen molar-refractivity contribution in [2.75, 3.05) is 6.54 Å². The molecule has 0 atom stereocenters. The largest absolute Gasteiger partial charge is 0.454 e. The molecule has 3 nitrogen and oxygen atoms in total. The molecule has 1 N–H and O–H groups in total. The lowest BCUT2D eigenvalue weighted by Crippen LogP contribution is -2.14. The van der Waals surface area contributed by atoms with E-state index >= 15 is 0 Å². The third kappa shape index (κ3) is 4.23. The van der Waals surface area contributed by atoms with Crippen molar-refractivity contribution in [3.8, 4) is 11.5 Å². The molecule has 0 spiro atoms. The summed E-state index contributed by atoms with van der Waals surface area (Å²) in [5.41, 5.74) is 1.55. The molecule has 5 heteroatoms. The number of aromatic nitrogens is 1. The highest BCUT2D eigenvalue weighted by atomic mass is 19.1. The van der Waals surface area contributed by atoms with Crippen LogP contribution in [0.3, 0.4) is 0 Å². The molecule has 21 heavy (non-hydrogen) atoms. The number of nitrogens with zero attached hydrogens (tertiary/aromatic N) is 1. The van der Waals surface area contributed by atoms with E-state index in [9.17, 15) is 8.78 Å². The molecular weight excluding hydrogens is 274 g/mol. The monoisotopic (exact) mass is 292 g/mol. The maximum atomic E-state index is 13.7. The van der Waals surface area contributed by atoms with Gasteiger partial charge in [0.2, 0.25) is 0 Å². The van der Waals surface area contributed by atoms with E-state index in [4.69, 9.17) is 4.74 Å². The molecule has 112 valence electrons. The first-order chi connectivity index (χ1) is 10.1. The number of halogens is 2. The Morgan fingerprint density at radius 3 is 2.76 bits per heavy atom. The van der Waals surface area contributed by atoms with E-state index in [0.717, 1.165) is 42.4 Å². The minimum atomic E-state index is -0.599. The van der Waals surface area contributed by atoms with Crippen LogP contribution >= 0.6 is 0 Å². The van der Waals surface area contributed by atoms with Crippen LogP contribution in [-0.2, 0) is 6.54 Å². The molecule has 0 saturated carbocycles. The van der Waals surface area contributed by atoms with E-state index in [0.29, 0.717) is 12.3 Å². The lowest BCUT2D eigenvalue weighted by atomic mass is 10.2. The van der Waals surface area contributed by atoms with Gasteiger partial charge in [-0.3, -0.25) is 4.98 Å². The van der Waals surface area contributed by atoms with Crippen LogP contribution in [0.15, 0.2) is 30.5 Å². The number of pyridine rings is 1. The SMILES string of the molecule is CCCNCc1cnc(C)cc1Oc1cc(F)ccc1F. The topological polar surface area (TPSA) is 34.2 Å². The van der Waals surface area contributed by atoms with Crippen molar-refractivity contribution in [3.05, 3.63) is 53.4 Å². The van der Waals surface area contributed by atoms with Gasteiger partial charge in [0, 0.05) is 36.1 Å². The molecule has 1 aromatic heterocycles. The maximum absolute atomic E-state index is 13.7. The second-order valence-corrected chi connectivity index (χ2v) is 4.79. The van der Waals surface area contributed by atoms with E-state index in [1.54, 1.807) is 12.3 Å². The second kappa shape index (κ2) is 7.13. The molecular formula is C16H18F2N2O. The average Bonchev–Trinajstić information content (AvgIpc) is 2.45. The van der Waals surface area contributed by atoms with Gasteiger partial charge in [-0.25, -0.2) is 8.78 Å². The molecule has 0 aliphatic heterocycles. The predicted octanol–water partition coefficient (Wildman–Crippen LogP) is 3.96. The zero-order valence-corrected chi connectivity index (χ0v) is 12.1. The van der Waals surface area contributed by atoms with Gasteiger partial charge >= 0.3 is 0 Å². The van der Waals surface area contributed by atoms with Gasteiger partial charge in [-0.2, -0.15) is 0 Å². The Hall–Kier alpha value is -2.01. The van der Waals surface area contributed by atoms with Crippen molar-refractivity contribution in [3.63, 3.8) is 0 Å². The van der Waals surface area contributed by atoms with Gasteiger partial charge in [0.1, 0.15) is 11.6 Å². The predicted molar refractivity (Wildman–Crippen MR) is 77.4 cm³/mol. The molecule has 0 unspecified atom stereocenters. The van der Waals surface area contributed by atoms with E-state index in [-0.39, 0.29) is 5.75 Å². The number of hydrogen-bond acceptors (Lipinski definition) is 3. The van der Waals surface area contributed by atoms with Gasteiger partial charge in [-0.15, -0.1) is 0 Å². The summed E-state index contributed by atoms with van der Waals surface area (Å²) in [6.07, 6.45) is 2.69. The third-order valence-corrected chi connectivity index (χ3v) is 2.94. The second-order valence-electron chi connectivity index (χ2n) is 4.79. The molecule has 1 aromatic carbocycles. The van der Waals surface area contributed by atoms with Gasteiger partial charge < -0.3 is 10.1 Å². The first-order valence-electron chi connectivity index (χ1n) is 6.89. The summed E-state index contributed by atoms with van der Waals surface area (Å²) >= 11 is 0. The van der Waals surface area contributed by atoms with E-state index < -0.39 is 11.6 Å². The average molecular weight is 292 g/mol. The molecule has 2 rings (SSSR count). The lowest BCUT2D eigenvalue weighted by molar-refractivity contribution is 0.429. The van der Waals surface area contributed by atoms with Gasteiger partial charge in [0.25, 0.3) is 0 Å². The fourth-order valence-corrected chi connectivity index (χ4v) is 1.86. The summed E-state index contributed by atoms with van der Waals surface area (Å²) in [6.45, 7) is 5.31. The van der Waals surface area contributed by atoms with Gasteiger partial charge in [-0.05, 0) is 32.0 Å². The molecule has 0 amide bonds. The third-order valence-electron chi connectivity index (χ3n) is 2.94. The fourth-order valence-electron chi connectivity index (χ4n) is 1.86. The Labute approximate surface area is 123 Å². The standard InChI is InChI=1S/C16H18F2N2O/c1-3-6-19-9-12-10-20-11(2)7-15(12)21-16-8-13(17)4-5-14(16)18/h4-5,7-8,10,19H,3,6,9H2,1-2H3. The number of aryl methyl sites for hydroxylation is 1. The maximum Gasteiger partial charge on any atom is 0.165 e. The van der Waals surface area contributed by atoms with Crippen LogP contribution in [0, 0.1) is 18.6 Å². The molecule has 1 heterocycles. The summed E-state index contributed by atoms with van der Waals surface area (Å²) in [5, 5.41) is 3.24. The summed E-state index contributed by atoms with van der Waals surface area (Å²) < 4.78 is 32.4. The summed E-state index contributed by atoms with van der Waals surface area (Å²) in [4.78, 5) is 4.21. The first kappa shape index (κ1) is 15.4. The Bertz CT molecular complexity index is 617. The molecule has 0 saturated heterocycles. The lowest BCUT2D eigenvalue weighted by Gasteiger charge is -2.13. The van der Waals surface area contributed by atoms with Crippen LogP contribution in [0.1, 0.15) is 24.6 Å². The quantitative estimate of drug-likeness (QED) is 0.818. The molecule has 0 bridgehead atoms. The summed E-state index contributed by atoms with van der Waals surface area (Å²) in [5.74, 6) is -0.783. The molecule has 0 aliphatic rings. The van der Waals surface area contributed by atoms with Crippen LogP contribution in [-0.4, -0.2) is 11.5 Å². The number of ether oxygens (including phenoxy) is 1. The summed E-state index contributed by atoms with van der Waals surface area (Å²) in [7, 11) is 0. The van der Waals surface area contributed by atoms with Crippen molar-refractivity contribution in [1.29, 1.82) is 0 Å². The van der Waals surface area contributed by atoms with E-state index in [2.05, 4.69) is 17.2 Å². The van der Waals surface area contributed by atoms with Crippen molar-refractivity contribution in [2.24, 2.45) is 0 Å². The van der Waals surface area contributed by atoms with Crippen LogP contribution in [0.5, 0.6) is 11.5 Å². The number of hydrogen-bond donors (Lipinski definition) is 1. The zero-order valence-electron chi connectivity index (χ0n) is 12.1. The van der Waals surface area contributed by atoms with Crippen LogP contribution in [0.25, 0.3) is 0 Å². The highest BCUT2D eigenvalue weighted by Crippen LogP contribution is 2.28. The molecule has 2 aromatic rings. The normalized spacial score (nSPS) is 10.7. The fraction of sp³-hybridized carbons (Fsp3) is 0.312. The minimum absolute atomic E-state index is 0.127. The van der Waals surface area contributed by atoms with Crippen LogP contribution in [0.4, 0.5) is 8.78 Å². The Balaban J connectivity index is 2.25. The van der Waals surface area contributed by atoms with E-state index in [1.165, 1.54) is 0 Å². The van der Waals surface area contributed by atoms with Crippen LogP contribution < -0.4 is 10.1 Å². The van der Waals surface area contributed by atoms with Crippen molar-refractivity contribution < 1.29 is 13.5 Å². The van der Waals surface area contributed by atoms with Gasteiger partial charge in [-0.1, -0.05) is 6.92 Å². The van der Waals surface area contributed by atoms with Gasteiger partial charge in [0.15, 0.2) is 11.6 Å². The highest BCUT2D eigenvalue weighted by Gasteiger charge is 2.10. The van der Waals surface area contributed by atoms with E-state index in [1.807, 2.05) is 6.92 Å². The first-order valence-corrected chi connectivity index (χ1v) is 6.89. The Morgan fingerprint density at radius 2 is 2.00 bits per heavy atom. The number of rotatable bonds is 6. The van der Waals surface area contributed by atoms with Crippen LogP contribution in [0.2, 0.25) is 0 Å². The molecule has 0 fully saturated rings. The molecule has 0 radical (unpaired) electrons. The Kier molecular flexibility index (Phi) is 5.22. The minimum Gasteiger partial charge on any atom is -0.454 e. The van der Waals surface area contributed by atoms with Crippen molar-refractivity contribution >= 4 is 0 Å². The highest BCUT2D eigenvalue weighted by molar-refractivity contribution is 5.38. The zero-order chi connectivity index (χ0) is 15.2. The smallest absolute Gasteiger partial charge is 0.165 e. The number of benzene rings is 1. The number of nitrogens with one attached hydrogen (secondary N) is 1.